The second kappa shape index (κ2) is 16.4. The van der Waals surface area contributed by atoms with Gasteiger partial charge in [0.2, 0.25) is 0 Å². The lowest BCUT2D eigenvalue weighted by atomic mass is 10.1. The molecule has 0 fully saturated rings. The van der Waals surface area contributed by atoms with E-state index in [1.165, 1.54) is 94.9 Å². The topological polar surface area (TPSA) is 0 Å². The summed E-state index contributed by atoms with van der Waals surface area (Å²) in [6.45, 7) is 16.5. The van der Waals surface area contributed by atoms with Gasteiger partial charge in [0.05, 0.1) is 26.2 Å². The summed E-state index contributed by atoms with van der Waals surface area (Å²) >= 11 is 0. The molecule has 0 amide bonds. The van der Waals surface area contributed by atoms with Crippen molar-refractivity contribution in [2.45, 2.75) is 85.0 Å². The van der Waals surface area contributed by atoms with Gasteiger partial charge in [-0.25, -0.2) is 0 Å². The molecule has 0 aromatic rings. The first-order chi connectivity index (χ1) is 9.74. The van der Waals surface area contributed by atoms with Gasteiger partial charge < -0.3 is 16.9 Å². The standard InChI is InChI=1S/C19H40N.ClH/c1-5-9-13-14-15-19-20(16-10-6-2,17-11-7-3)18-12-8-4;/h5H,1,6-19H2,2-4H3;1H/q+1;/p-1. The van der Waals surface area contributed by atoms with Gasteiger partial charge in [-0.1, -0.05) is 46.1 Å². The van der Waals surface area contributed by atoms with Crippen LogP contribution < -0.4 is 12.4 Å². The molecule has 2 heteroatoms. The van der Waals surface area contributed by atoms with E-state index < -0.39 is 0 Å². The molecule has 0 spiro atoms. The fourth-order valence-corrected chi connectivity index (χ4v) is 3.06. The third-order valence-electron chi connectivity index (χ3n) is 4.50. The van der Waals surface area contributed by atoms with Gasteiger partial charge in [-0.2, -0.15) is 0 Å². The molecule has 1 nitrogen and oxygen atoms in total. The van der Waals surface area contributed by atoms with Crippen LogP contribution >= 0.6 is 0 Å². The Morgan fingerprint density at radius 1 is 0.667 bits per heavy atom. The summed E-state index contributed by atoms with van der Waals surface area (Å²) in [7, 11) is 0. The van der Waals surface area contributed by atoms with Gasteiger partial charge >= 0.3 is 0 Å². The summed E-state index contributed by atoms with van der Waals surface area (Å²) in [5, 5.41) is 0. The molecule has 0 saturated carbocycles. The zero-order valence-corrected chi connectivity index (χ0v) is 15.8. The van der Waals surface area contributed by atoms with E-state index >= 15 is 0 Å². The van der Waals surface area contributed by atoms with Crippen LogP contribution in [0.1, 0.15) is 85.0 Å². The number of hydrogen-bond acceptors (Lipinski definition) is 0. The molecular formula is C19H40ClN. The first-order valence-corrected chi connectivity index (χ1v) is 9.20. The SMILES string of the molecule is C=CCCCCC[N+](CCCC)(CCCC)CCCC.[Cl-]. The number of rotatable bonds is 15. The molecule has 0 N–H and O–H groups in total. The predicted octanol–water partition coefficient (Wildman–Crippen LogP) is 2.95. The number of halogens is 1. The number of unbranched alkanes of at least 4 members (excludes halogenated alkanes) is 6. The van der Waals surface area contributed by atoms with Gasteiger partial charge in [0, 0.05) is 0 Å². The lowest BCUT2D eigenvalue weighted by molar-refractivity contribution is -0.929. The highest BCUT2D eigenvalue weighted by Crippen LogP contribution is 2.17. The maximum atomic E-state index is 3.82. The Hall–Kier alpha value is -0.0100. The molecule has 0 heterocycles. The second-order valence-electron chi connectivity index (χ2n) is 6.43. The van der Waals surface area contributed by atoms with Crippen LogP contribution in [0.5, 0.6) is 0 Å². The molecule has 0 rings (SSSR count). The minimum Gasteiger partial charge on any atom is -1.00 e. The second-order valence-corrected chi connectivity index (χ2v) is 6.43. The van der Waals surface area contributed by atoms with Gasteiger partial charge in [-0.05, 0) is 44.9 Å². The largest absolute Gasteiger partial charge is 1.00 e. The summed E-state index contributed by atoms with van der Waals surface area (Å²) in [5.74, 6) is 0. The Labute approximate surface area is 141 Å². The van der Waals surface area contributed by atoms with E-state index in [1.807, 2.05) is 0 Å². The summed E-state index contributed by atoms with van der Waals surface area (Å²) in [6.07, 6.45) is 15.6. The maximum absolute atomic E-state index is 3.82. The Kier molecular flexibility index (Phi) is 18.1. The number of hydrogen-bond donors (Lipinski definition) is 0. The number of allylic oxidation sites excluding steroid dienone is 1. The maximum Gasteiger partial charge on any atom is 0.0786 e. The van der Waals surface area contributed by atoms with E-state index in [4.69, 9.17) is 0 Å². The molecule has 0 bridgehead atoms. The first-order valence-electron chi connectivity index (χ1n) is 9.20. The van der Waals surface area contributed by atoms with E-state index in [0.717, 1.165) is 0 Å². The van der Waals surface area contributed by atoms with Crippen molar-refractivity contribution in [3.05, 3.63) is 12.7 Å². The van der Waals surface area contributed by atoms with Gasteiger partial charge in [-0.3, -0.25) is 0 Å². The van der Waals surface area contributed by atoms with E-state index in [-0.39, 0.29) is 12.4 Å². The molecule has 0 aromatic carbocycles. The van der Waals surface area contributed by atoms with Crippen LogP contribution in [0.25, 0.3) is 0 Å². The summed E-state index contributed by atoms with van der Waals surface area (Å²) in [6, 6.07) is 0. The van der Waals surface area contributed by atoms with Crippen LogP contribution in [0.4, 0.5) is 0 Å². The molecule has 0 radical (unpaired) electrons. The molecule has 0 aromatic heterocycles. The van der Waals surface area contributed by atoms with Crippen molar-refractivity contribution in [2.75, 3.05) is 26.2 Å². The smallest absolute Gasteiger partial charge is 0.0786 e. The summed E-state index contributed by atoms with van der Waals surface area (Å²) in [4.78, 5) is 0. The van der Waals surface area contributed by atoms with Crippen LogP contribution in [0, 0.1) is 0 Å². The minimum atomic E-state index is 0. The fraction of sp³-hybridized carbons (Fsp3) is 0.895. The highest BCUT2D eigenvalue weighted by Gasteiger charge is 2.24. The van der Waals surface area contributed by atoms with Crippen molar-refractivity contribution in [2.24, 2.45) is 0 Å². The summed E-state index contributed by atoms with van der Waals surface area (Å²) in [5.41, 5.74) is 0. The van der Waals surface area contributed by atoms with Crippen molar-refractivity contribution in [3.63, 3.8) is 0 Å². The van der Waals surface area contributed by atoms with Crippen LogP contribution in [-0.2, 0) is 0 Å². The molecule has 0 unspecified atom stereocenters. The van der Waals surface area contributed by atoms with E-state index in [9.17, 15) is 0 Å². The average Bonchev–Trinajstić information content (AvgIpc) is 2.48. The minimum absolute atomic E-state index is 0. The van der Waals surface area contributed by atoms with Crippen molar-refractivity contribution < 1.29 is 16.9 Å². The molecule has 0 aliphatic rings. The molecular weight excluding hydrogens is 278 g/mol. The van der Waals surface area contributed by atoms with Crippen molar-refractivity contribution in [1.29, 1.82) is 0 Å². The predicted molar refractivity (Wildman–Crippen MR) is 93.1 cm³/mol. The zero-order chi connectivity index (χ0) is 15.1. The van der Waals surface area contributed by atoms with Crippen LogP contribution in [0.15, 0.2) is 12.7 Å². The number of nitrogens with zero attached hydrogens (tertiary/aromatic N) is 1. The zero-order valence-electron chi connectivity index (χ0n) is 15.0. The third-order valence-corrected chi connectivity index (χ3v) is 4.50. The quantitative estimate of drug-likeness (QED) is 0.247. The van der Waals surface area contributed by atoms with Crippen molar-refractivity contribution in [1.82, 2.24) is 0 Å². The third kappa shape index (κ3) is 12.2. The van der Waals surface area contributed by atoms with Gasteiger partial charge in [0.1, 0.15) is 0 Å². The Bertz CT molecular complexity index is 194. The van der Waals surface area contributed by atoms with E-state index in [1.54, 1.807) is 0 Å². The average molecular weight is 318 g/mol. The normalized spacial score (nSPS) is 11.2. The molecule has 21 heavy (non-hydrogen) atoms. The first kappa shape index (κ1) is 23.3. The molecule has 0 saturated heterocycles. The highest BCUT2D eigenvalue weighted by atomic mass is 35.5. The van der Waals surface area contributed by atoms with E-state index in [2.05, 4.69) is 33.4 Å². The van der Waals surface area contributed by atoms with Crippen molar-refractivity contribution >= 4 is 0 Å². The molecule has 0 atom stereocenters. The van der Waals surface area contributed by atoms with Crippen molar-refractivity contribution in [3.8, 4) is 0 Å². The van der Waals surface area contributed by atoms with Crippen LogP contribution in [-0.4, -0.2) is 30.7 Å². The molecule has 0 aliphatic heterocycles. The lowest BCUT2D eigenvalue weighted by Crippen LogP contribution is -3.00. The van der Waals surface area contributed by atoms with Gasteiger partial charge in [0.15, 0.2) is 0 Å². The van der Waals surface area contributed by atoms with Gasteiger partial charge in [0.25, 0.3) is 0 Å². The lowest BCUT2D eigenvalue weighted by Gasteiger charge is -2.39. The Morgan fingerprint density at radius 2 is 1.10 bits per heavy atom. The fourth-order valence-electron chi connectivity index (χ4n) is 3.06. The Balaban J connectivity index is 0. The molecule has 128 valence electrons. The Morgan fingerprint density at radius 3 is 1.48 bits per heavy atom. The number of quaternary nitrogens is 1. The van der Waals surface area contributed by atoms with Gasteiger partial charge in [-0.15, -0.1) is 6.58 Å². The highest BCUT2D eigenvalue weighted by molar-refractivity contribution is 4.65. The van der Waals surface area contributed by atoms with E-state index in [0.29, 0.717) is 0 Å². The van der Waals surface area contributed by atoms with Crippen LogP contribution in [0.2, 0.25) is 0 Å². The summed E-state index contributed by atoms with van der Waals surface area (Å²) < 4.78 is 1.41. The molecule has 0 aliphatic carbocycles. The monoisotopic (exact) mass is 317 g/mol. The van der Waals surface area contributed by atoms with Crippen LogP contribution in [0.3, 0.4) is 0 Å².